The summed E-state index contributed by atoms with van der Waals surface area (Å²) < 4.78 is 13.4. The van der Waals surface area contributed by atoms with Crippen molar-refractivity contribution in [1.82, 2.24) is 9.97 Å². The molecule has 1 aromatic heterocycles. The molecule has 6 heteroatoms. The zero-order valence-electron chi connectivity index (χ0n) is 16.6. The van der Waals surface area contributed by atoms with Crippen molar-refractivity contribution >= 4 is 17.6 Å². The van der Waals surface area contributed by atoms with Crippen LogP contribution in [0.3, 0.4) is 0 Å². The van der Waals surface area contributed by atoms with Gasteiger partial charge in [-0.15, -0.1) is 0 Å². The molecule has 1 heterocycles. The molecule has 0 aliphatic heterocycles. The molecular formula is C24H24FN3O2. The average molecular weight is 405 g/mol. The summed E-state index contributed by atoms with van der Waals surface area (Å²) in [6.45, 7) is 0. The highest BCUT2D eigenvalue weighted by Gasteiger charge is 2.23. The lowest BCUT2D eigenvalue weighted by Gasteiger charge is -2.28. The number of halogens is 1. The summed E-state index contributed by atoms with van der Waals surface area (Å²) >= 11 is 0. The third kappa shape index (κ3) is 5.00. The zero-order valence-corrected chi connectivity index (χ0v) is 16.6. The van der Waals surface area contributed by atoms with Crippen LogP contribution in [0.4, 0.5) is 16.0 Å². The van der Waals surface area contributed by atoms with Gasteiger partial charge in [-0.05, 0) is 67.3 Å². The Balaban J connectivity index is 1.42. The van der Waals surface area contributed by atoms with Crippen molar-refractivity contribution in [3.8, 4) is 11.3 Å². The van der Waals surface area contributed by atoms with Crippen LogP contribution in [0.15, 0.2) is 60.8 Å². The van der Waals surface area contributed by atoms with Crippen LogP contribution in [-0.4, -0.2) is 21.0 Å². The van der Waals surface area contributed by atoms with Gasteiger partial charge in [-0.1, -0.05) is 30.3 Å². The Labute approximate surface area is 175 Å². The molecule has 4 rings (SSSR count). The number of nitrogens with one attached hydrogen (secondary N) is 1. The Hall–Kier alpha value is -3.28. The van der Waals surface area contributed by atoms with Crippen molar-refractivity contribution < 1.29 is 14.3 Å². The molecule has 1 aliphatic carbocycles. The zero-order chi connectivity index (χ0) is 20.9. The van der Waals surface area contributed by atoms with Crippen LogP contribution in [0.5, 0.6) is 0 Å². The third-order valence-electron chi connectivity index (χ3n) is 5.72. The van der Waals surface area contributed by atoms with Crippen LogP contribution >= 0.6 is 0 Å². The van der Waals surface area contributed by atoms with Gasteiger partial charge >= 0.3 is 5.97 Å². The predicted octanol–water partition coefficient (Wildman–Crippen LogP) is 5.77. The van der Waals surface area contributed by atoms with Crippen LogP contribution in [0.2, 0.25) is 0 Å². The van der Waals surface area contributed by atoms with Gasteiger partial charge in [0.15, 0.2) is 0 Å². The minimum absolute atomic E-state index is 0.283. The monoisotopic (exact) mass is 405 g/mol. The molecular weight excluding hydrogens is 381 g/mol. The summed E-state index contributed by atoms with van der Waals surface area (Å²) in [6.07, 6.45) is 5.98. The Morgan fingerprint density at radius 2 is 1.83 bits per heavy atom. The maximum absolute atomic E-state index is 13.4. The first kappa shape index (κ1) is 20.0. The van der Waals surface area contributed by atoms with Crippen LogP contribution in [0, 0.1) is 11.7 Å². The first-order chi connectivity index (χ1) is 14.6. The topological polar surface area (TPSA) is 75.1 Å². The maximum atomic E-state index is 13.4. The fraction of sp³-hybridized carbons (Fsp3) is 0.292. The van der Waals surface area contributed by atoms with E-state index < -0.39 is 5.97 Å². The van der Waals surface area contributed by atoms with E-state index in [9.17, 15) is 9.18 Å². The van der Waals surface area contributed by atoms with Crippen molar-refractivity contribution in [2.45, 2.75) is 38.0 Å². The van der Waals surface area contributed by atoms with E-state index in [0.29, 0.717) is 23.5 Å². The number of carboxylic acids is 1. The molecule has 5 nitrogen and oxygen atoms in total. The number of aliphatic carboxylic acids is 1. The smallest absolute Gasteiger partial charge is 0.303 e. The van der Waals surface area contributed by atoms with E-state index in [0.717, 1.165) is 36.9 Å². The minimum Gasteiger partial charge on any atom is -0.481 e. The van der Waals surface area contributed by atoms with Gasteiger partial charge in [0.25, 0.3) is 0 Å². The standard InChI is InChI=1S/C24H24FN3O2/c25-20-2-1-3-21(15-20)27-24-26-13-12-22(28-24)19-10-8-18(9-11-19)17-6-4-16(5-7-17)14-23(29)30/h1-3,8-13,15-17H,4-7,14H2,(H,29,30)(H,26,27,28). The predicted molar refractivity (Wildman–Crippen MR) is 114 cm³/mol. The Morgan fingerprint density at radius 3 is 2.53 bits per heavy atom. The largest absolute Gasteiger partial charge is 0.481 e. The second-order valence-corrected chi connectivity index (χ2v) is 7.84. The van der Waals surface area contributed by atoms with E-state index in [1.807, 2.05) is 6.07 Å². The molecule has 2 aromatic carbocycles. The van der Waals surface area contributed by atoms with Gasteiger partial charge in [-0.2, -0.15) is 0 Å². The molecule has 0 saturated heterocycles. The van der Waals surface area contributed by atoms with E-state index in [4.69, 9.17) is 5.11 Å². The highest BCUT2D eigenvalue weighted by Crippen LogP contribution is 2.37. The summed E-state index contributed by atoms with van der Waals surface area (Å²) in [6, 6.07) is 16.4. The SMILES string of the molecule is O=C(O)CC1CCC(c2ccc(-c3ccnc(Nc4cccc(F)c4)n3)cc2)CC1. The van der Waals surface area contributed by atoms with Gasteiger partial charge in [0, 0.05) is 23.9 Å². The fourth-order valence-corrected chi connectivity index (χ4v) is 4.15. The molecule has 0 amide bonds. The van der Waals surface area contributed by atoms with Crippen molar-refractivity contribution in [2.24, 2.45) is 5.92 Å². The molecule has 154 valence electrons. The highest BCUT2D eigenvalue weighted by atomic mass is 19.1. The molecule has 3 aromatic rings. The first-order valence-corrected chi connectivity index (χ1v) is 10.2. The van der Waals surface area contributed by atoms with E-state index in [1.54, 1.807) is 18.3 Å². The van der Waals surface area contributed by atoms with Crippen molar-refractivity contribution in [3.63, 3.8) is 0 Å². The first-order valence-electron chi connectivity index (χ1n) is 10.2. The van der Waals surface area contributed by atoms with E-state index >= 15 is 0 Å². The lowest BCUT2D eigenvalue weighted by atomic mass is 9.77. The van der Waals surface area contributed by atoms with E-state index in [-0.39, 0.29) is 12.2 Å². The minimum atomic E-state index is -0.695. The molecule has 0 radical (unpaired) electrons. The number of rotatable bonds is 6. The van der Waals surface area contributed by atoms with Crippen molar-refractivity contribution in [3.05, 3.63) is 72.2 Å². The summed E-state index contributed by atoms with van der Waals surface area (Å²) in [5.74, 6) is 0.198. The number of hydrogen-bond acceptors (Lipinski definition) is 4. The van der Waals surface area contributed by atoms with Crippen LogP contribution in [0.25, 0.3) is 11.3 Å². The lowest BCUT2D eigenvalue weighted by molar-refractivity contribution is -0.138. The molecule has 30 heavy (non-hydrogen) atoms. The summed E-state index contributed by atoms with van der Waals surface area (Å²) in [7, 11) is 0. The van der Waals surface area contributed by atoms with E-state index in [1.165, 1.54) is 17.7 Å². The molecule has 1 fully saturated rings. The summed E-state index contributed by atoms with van der Waals surface area (Å²) in [4.78, 5) is 19.7. The summed E-state index contributed by atoms with van der Waals surface area (Å²) in [5.41, 5.74) is 3.67. The Bertz CT molecular complexity index is 1010. The van der Waals surface area contributed by atoms with Gasteiger partial charge in [0.1, 0.15) is 5.82 Å². The summed E-state index contributed by atoms with van der Waals surface area (Å²) in [5, 5.41) is 12.0. The maximum Gasteiger partial charge on any atom is 0.303 e. The number of nitrogens with zero attached hydrogens (tertiary/aromatic N) is 2. The number of anilines is 2. The number of aromatic nitrogens is 2. The molecule has 1 saturated carbocycles. The van der Waals surface area contributed by atoms with E-state index in [2.05, 4.69) is 39.6 Å². The van der Waals surface area contributed by atoms with Gasteiger partial charge < -0.3 is 10.4 Å². The molecule has 0 atom stereocenters. The quantitative estimate of drug-likeness (QED) is 0.544. The fourth-order valence-electron chi connectivity index (χ4n) is 4.15. The molecule has 0 spiro atoms. The van der Waals surface area contributed by atoms with Gasteiger partial charge in [-0.3, -0.25) is 4.79 Å². The van der Waals surface area contributed by atoms with Crippen molar-refractivity contribution in [1.29, 1.82) is 0 Å². The number of carboxylic acid groups (broad SMARTS) is 1. The van der Waals surface area contributed by atoms with Gasteiger partial charge in [-0.25, -0.2) is 14.4 Å². The molecule has 1 aliphatic rings. The molecule has 2 N–H and O–H groups in total. The molecule has 0 bridgehead atoms. The average Bonchev–Trinajstić information content (AvgIpc) is 2.74. The number of hydrogen-bond donors (Lipinski definition) is 2. The van der Waals surface area contributed by atoms with Gasteiger partial charge in [0.2, 0.25) is 5.95 Å². The normalized spacial score (nSPS) is 18.7. The third-order valence-corrected chi connectivity index (χ3v) is 5.72. The lowest BCUT2D eigenvalue weighted by Crippen LogP contribution is -2.16. The van der Waals surface area contributed by atoms with Gasteiger partial charge in [0.05, 0.1) is 5.69 Å². The number of benzene rings is 2. The molecule has 0 unspecified atom stereocenters. The highest BCUT2D eigenvalue weighted by molar-refractivity contribution is 5.67. The second kappa shape index (κ2) is 9.03. The van der Waals surface area contributed by atoms with Crippen LogP contribution in [-0.2, 0) is 4.79 Å². The second-order valence-electron chi connectivity index (χ2n) is 7.84. The Kier molecular flexibility index (Phi) is 6.02. The van der Waals surface area contributed by atoms with Crippen LogP contribution in [0.1, 0.15) is 43.6 Å². The van der Waals surface area contributed by atoms with Crippen LogP contribution < -0.4 is 5.32 Å². The number of carbonyl (C=O) groups is 1. The van der Waals surface area contributed by atoms with Crippen molar-refractivity contribution in [2.75, 3.05) is 5.32 Å². The Morgan fingerprint density at radius 1 is 1.07 bits per heavy atom.